The van der Waals surface area contributed by atoms with E-state index in [-0.39, 0.29) is 10.6 Å². The molecule has 3 aromatic carbocycles. The van der Waals surface area contributed by atoms with Gasteiger partial charge in [-0.1, -0.05) is 43.3 Å². The van der Waals surface area contributed by atoms with Crippen LogP contribution in [0.25, 0.3) is 22.5 Å². The number of methoxy groups -OCH3 is 2. The number of nitro groups is 1. The molecule has 7 heteroatoms. The molecule has 4 aromatic rings. The lowest BCUT2D eigenvalue weighted by molar-refractivity contribution is -0.384. The zero-order valence-corrected chi connectivity index (χ0v) is 18.8. The Bertz CT molecular complexity index is 1300. The number of nitrogens with zero attached hydrogens (tertiary/aromatic N) is 3. The number of nitro benzene ring substituents is 1. The topological polar surface area (TPSA) is 79.4 Å². The van der Waals surface area contributed by atoms with Crippen LogP contribution in [0.3, 0.4) is 0 Å². The van der Waals surface area contributed by atoms with Crippen molar-refractivity contribution in [3.63, 3.8) is 0 Å². The van der Waals surface area contributed by atoms with Crippen LogP contribution >= 0.6 is 0 Å². The van der Waals surface area contributed by atoms with Gasteiger partial charge in [-0.2, -0.15) is 5.10 Å². The Labute approximate surface area is 192 Å². The van der Waals surface area contributed by atoms with Crippen molar-refractivity contribution >= 4 is 5.69 Å². The van der Waals surface area contributed by atoms with Gasteiger partial charge in [0.1, 0.15) is 11.5 Å². The summed E-state index contributed by atoms with van der Waals surface area (Å²) in [5.41, 5.74) is 5.69. The molecule has 0 N–H and O–H groups in total. The molecule has 1 heterocycles. The fourth-order valence-electron chi connectivity index (χ4n) is 3.99. The number of ether oxygens (including phenoxy) is 2. The van der Waals surface area contributed by atoms with Gasteiger partial charge in [0.2, 0.25) is 0 Å². The minimum absolute atomic E-state index is 0.0614. The van der Waals surface area contributed by atoms with E-state index in [1.165, 1.54) is 6.07 Å². The lowest BCUT2D eigenvalue weighted by atomic mass is 9.99. The van der Waals surface area contributed by atoms with Crippen LogP contribution in [0.5, 0.6) is 11.5 Å². The highest BCUT2D eigenvalue weighted by Gasteiger charge is 2.21. The van der Waals surface area contributed by atoms with Gasteiger partial charge in [0, 0.05) is 28.8 Å². The molecule has 0 unspecified atom stereocenters. The molecule has 168 valence electrons. The number of hydrogen-bond donors (Lipinski definition) is 0. The zero-order valence-electron chi connectivity index (χ0n) is 18.8. The zero-order chi connectivity index (χ0) is 23.4. The van der Waals surface area contributed by atoms with Crippen molar-refractivity contribution in [1.29, 1.82) is 0 Å². The lowest BCUT2D eigenvalue weighted by Crippen LogP contribution is -2.05. The van der Waals surface area contributed by atoms with Crippen LogP contribution in [0.4, 0.5) is 5.69 Å². The second kappa shape index (κ2) is 9.56. The van der Waals surface area contributed by atoms with Crippen LogP contribution in [0.15, 0.2) is 72.8 Å². The summed E-state index contributed by atoms with van der Waals surface area (Å²) in [6.45, 7) is 2.49. The first kappa shape index (κ1) is 22.1. The summed E-state index contributed by atoms with van der Waals surface area (Å²) in [6, 6.07) is 22.3. The van der Waals surface area contributed by atoms with Crippen LogP contribution in [-0.4, -0.2) is 28.9 Å². The molecule has 0 aliphatic carbocycles. The minimum Gasteiger partial charge on any atom is -0.497 e. The van der Waals surface area contributed by atoms with Crippen LogP contribution in [0.2, 0.25) is 0 Å². The van der Waals surface area contributed by atoms with Crippen LogP contribution in [0.1, 0.15) is 18.1 Å². The van der Waals surface area contributed by atoms with Crippen molar-refractivity contribution in [1.82, 2.24) is 9.78 Å². The summed E-state index contributed by atoms with van der Waals surface area (Å²) < 4.78 is 12.8. The maximum absolute atomic E-state index is 11.3. The van der Waals surface area contributed by atoms with E-state index in [9.17, 15) is 10.1 Å². The monoisotopic (exact) mass is 443 g/mol. The molecular weight excluding hydrogens is 418 g/mol. The molecule has 4 rings (SSSR count). The summed E-state index contributed by atoms with van der Waals surface area (Å²) in [5, 5.41) is 16.3. The van der Waals surface area contributed by atoms with E-state index >= 15 is 0 Å². The standard InChI is InChI=1S/C26H25N3O4/c1-4-24-25(19-9-6-12-22(15-19)32-2)27-28(17-18-8-5-11-21(14-18)29(30)31)26(24)20-10-7-13-23(16-20)33-3/h5-16H,4,17H2,1-3H3. The number of hydrogen-bond acceptors (Lipinski definition) is 5. The highest BCUT2D eigenvalue weighted by Crippen LogP contribution is 2.35. The molecule has 0 radical (unpaired) electrons. The SMILES string of the molecule is CCc1c(-c2cccc(OC)c2)nn(Cc2cccc([N+](=O)[O-])c2)c1-c1cccc(OC)c1. The molecule has 0 spiro atoms. The molecule has 0 saturated carbocycles. The number of aromatic nitrogens is 2. The molecule has 0 bridgehead atoms. The molecule has 0 atom stereocenters. The summed E-state index contributed by atoms with van der Waals surface area (Å²) in [6.07, 6.45) is 0.758. The Morgan fingerprint density at radius 3 is 2.18 bits per heavy atom. The Kier molecular flexibility index (Phi) is 6.40. The molecule has 7 nitrogen and oxygen atoms in total. The number of non-ortho nitro benzene ring substituents is 1. The van der Waals surface area contributed by atoms with E-state index in [1.807, 2.05) is 59.3 Å². The van der Waals surface area contributed by atoms with Crippen molar-refractivity contribution in [2.45, 2.75) is 19.9 Å². The van der Waals surface area contributed by atoms with E-state index < -0.39 is 0 Å². The average Bonchev–Trinajstić information content (AvgIpc) is 3.22. The molecule has 0 fully saturated rings. The smallest absolute Gasteiger partial charge is 0.269 e. The maximum Gasteiger partial charge on any atom is 0.269 e. The quantitative estimate of drug-likeness (QED) is 0.256. The van der Waals surface area contributed by atoms with Crippen molar-refractivity contribution in [2.24, 2.45) is 0 Å². The van der Waals surface area contributed by atoms with Crippen molar-refractivity contribution in [2.75, 3.05) is 14.2 Å². The van der Waals surface area contributed by atoms with Crippen molar-refractivity contribution in [3.05, 3.63) is 94.0 Å². The number of rotatable bonds is 8. The first-order valence-electron chi connectivity index (χ1n) is 10.7. The highest BCUT2D eigenvalue weighted by molar-refractivity contribution is 5.76. The Morgan fingerprint density at radius 2 is 1.55 bits per heavy atom. The van der Waals surface area contributed by atoms with Crippen molar-refractivity contribution in [3.8, 4) is 34.0 Å². The summed E-state index contributed by atoms with van der Waals surface area (Å²) in [5.74, 6) is 1.51. The largest absolute Gasteiger partial charge is 0.497 e. The molecular formula is C26H25N3O4. The first-order valence-corrected chi connectivity index (χ1v) is 10.7. The van der Waals surface area contributed by atoms with Gasteiger partial charge >= 0.3 is 0 Å². The Hall–Kier alpha value is -4.13. The molecule has 33 heavy (non-hydrogen) atoms. The predicted molar refractivity (Wildman–Crippen MR) is 128 cm³/mol. The van der Waals surface area contributed by atoms with Gasteiger partial charge in [-0.3, -0.25) is 14.8 Å². The fourth-order valence-corrected chi connectivity index (χ4v) is 3.99. The third-order valence-electron chi connectivity index (χ3n) is 5.54. The fraction of sp³-hybridized carbons (Fsp3) is 0.192. The van der Waals surface area contributed by atoms with E-state index in [0.717, 1.165) is 51.6 Å². The molecule has 0 aliphatic rings. The maximum atomic E-state index is 11.3. The van der Waals surface area contributed by atoms with E-state index in [4.69, 9.17) is 14.6 Å². The minimum atomic E-state index is -0.380. The van der Waals surface area contributed by atoms with Crippen molar-refractivity contribution < 1.29 is 14.4 Å². The van der Waals surface area contributed by atoms with Gasteiger partial charge in [0.25, 0.3) is 5.69 Å². The molecule has 0 saturated heterocycles. The third-order valence-corrected chi connectivity index (χ3v) is 5.54. The summed E-state index contributed by atoms with van der Waals surface area (Å²) >= 11 is 0. The Balaban J connectivity index is 1.90. The van der Waals surface area contributed by atoms with Gasteiger partial charge in [0.15, 0.2) is 0 Å². The van der Waals surface area contributed by atoms with E-state index in [1.54, 1.807) is 26.4 Å². The Morgan fingerprint density at radius 1 is 0.909 bits per heavy atom. The highest BCUT2D eigenvalue weighted by atomic mass is 16.6. The predicted octanol–water partition coefficient (Wildman–Crippen LogP) is 5.75. The van der Waals surface area contributed by atoms with Gasteiger partial charge in [-0.25, -0.2) is 0 Å². The molecule has 1 aromatic heterocycles. The molecule has 0 amide bonds. The van der Waals surface area contributed by atoms with Gasteiger partial charge in [0.05, 0.1) is 37.1 Å². The van der Waals surface area contributed by atoms with Crippen LogP contribution < -0.4 is 9.47 Å². The molecule has 0 aliphatic heterocycles. The summed E-state index contributed by atoms with van der Waals surface area (Å²) in [7, 11) is 3.28. The first-order chi connectivity index (χ1) is 16.0. The van der Waals surface area contributed by atoms with Crippen LogP contribution in [-0.2, 0) is 13.0 Å². The lowest BCUT2D eigenvalue weighted by Gasteiger charge is -2.11. The van der Waals surface area contributed by atoms with Gasteiger partial charge in [-0.05, 0) is 36.2 Å². The average molecular weight is 444 g/mol. The third kappa shape index (κ3) is 4.57. The number of benzene rings is 3. The van der Waals surface area contributed by atoms with E-state index in [2.05, 4.69) is 6.92 Å². The van der Waals surface area contributed by atoms with Crippen LogP contribution in [0, 0.1) is 10.1 Å². The normalized spacial score (nSPS) is 10.8. The summed E-state index contributed by atoms with van der Waals surface area (Å²) in [4.78, 5) is 10.9. The second-order valence-electron chi connectivity index (χ2n) is 7.58. The second-order valence-corrected chi connectivity index (χ2v) is 7.58. The van der Waals surface area contributed by atoms with Gasteiger partial charge < -0.3 is 9.47 Å². The van der Waals surface area contributed by atoms with E-state index in [0.29, 0.717) is 6.54 Å². The van der Waals surface area contributed by atoms with Gasteiger partial charge in [-0.15, -0.1) is 0 Å².